The summed E-state index contributed by atoms with van der Waals surface area (Å²) in [5, 5.41) is 3.68. The Morgan fingerprint density at radius 1 is 1.30 bits per heavy atom. The first-order valence-electron chi connectivity index (χ1n) is 7.56. The molecule has 0 bridgehead atoms. The molecule has 0 aromatic heterocycles. The van der Waals surface area contributed by atoms with Gasteiger partial charge in [0.05, 0.1) is 7.11 Å². The molecule has 1 aromatic rings. The van der Waals surface area contributed by atoms with Crippen LogP contribution >= 0.6 is 0 Å². The van der Waals surface area contributed by atoms with Crippen LogP contribution in [0, 0.1) is 5.41 Å². The van der Waals surface area contributed by atoms with Gasteiger partial charge in [-0.1, -0.05) is 25.1 Å². The van der Waals surface area contributed by atoms with Gasteiger partial charge in [-0.3, -0.25) is 0 Å². The van der Waals surface area contributed by atoms with Gasteiger partial charge in [-0.25, -0.2) is 0 Å². The first-order chi connectivity index (χ1) is 9.63. The molecule has 1 fully saturated rings. The van der Waals surface area contributed by atoms with Crippen LogP contribution in [0.15, 0.2) is 24.3 Å². The van der Waals surface area contributed by atoms with Crippen molar-refractivity contribution in [3.05, 3.63) is 29.8 Å². The van der Waals surface area contributed by atoms with E-state index in [-0.39, 0.29) is 0 Å². The second-order valence-electron chi connectivity index (χ2n) is 6.22. The van der Waals surface area contributed by atoms with Crippen molar-refractivity contribution >= 4 is 0 Å². The molecule has 20 heavy (non-hydrogen) atoms. The highest BCUT2D eigenvalue weighted by atomic mass is 16.5. The number of methoxy groups -OCH3 is 1. The molecule has 2 rings (SSSR count). The Hall–Kier alpha value is -1.06. The van der Waals surface area contributed by atoms with Crippen molar-refractivity contribution in [2.75, 3.05) is 26.9 Å². The van der Waals surface area contributed by atoms with Crippen LogP contribution in [0.5, 0.6) is 5.75 Å². The topological polar surface area (TPSA) is 30.5 Å². The SMILES string of the molecule is COc1ccccc1CC(C)NCC1(C)CCOCC1. The number of ether oxygens (including phenoxy) is 2. The molecule has 1 aromatic carbocycles. The highest BCUT2D eigenvalue weighted by molar-refractivity contribution is 5.33. The quantitative estimate of drug-likeness (QED) is 0.867. The van der Waals surface area contributed by atoms with E-state index >= 15 is 0 Å². The number of para-hydroxylation sites is 1. The Labute approximate surface area is 122 Å². The van der Waals surface area contributed by atoms with Crippen molar-refractivity contribution in [2.24, 2.45) is 5.41 Å². The predicted octanol–water partition coefficient (Wildman–Crippen LogP) is 3.03. The molecule has 0 amide bonds. The Morgan fingerprint density at radius 3 is 2.70 bits per heavy atom. The summed E-state index contributed by atoms with van der Waals surface area (Å²) in [5.41, 5.74) is 1.65. The summed E-state index contributed by atoms with van der Waals surface area (Å²) in [4.78, 5) is 0. The zero-order chi connectivity index (χ0) is 14.4. The molecule has 3 heteroatoms. The molecule has 0 radical (unpaired) electrons. The fraction of sp³-hybridized carbons (Fsp3) is 0.647. The monoisotopic (exact) mass is 277 g/mol. The Bertz CT molecular complexity index is 413. The molecule has 112 valence electrons. The number of benzene rings is 1. The Morgan fingerprint density at radius 2 is 2.00 bits per heavy atom. The first kappa shape index (κ1) is 15.3. The molecule has 1 unspecified atom stereocenters. The Balaban J connectivity index is 1.84. The van der Waals surface area contributed by atoms with Crippen molar-refractivity contribution in [2.45, 2.75) is 39.2 Å². The van der Waals surface area contributed by atoms with Crippen molar-refractivity contribution in [1.82, 2.24) is 5.32 Å². The molecule has 0 aliphatic carbocycles. The van der Waals surface area contributed by atoms with Gasteiger partial charge in [-0.05, 0) is 43.2 Å². The van der Waals surface area contributed by atoms with E-state index in [1.807, 2.05) is 12.1 Å². The third-order valence-electron chi connectivity index (χ3n) is 4.30. The van der Waals surface area contributed by atoms with Gasteiger partial charge in [0.15, 0.2) is 0 Å². The lowest BCUT2D eigenvalue weighted by Crippen LogP contribution is -2.41. The third kappa shape index (κ3) is 4.22. The highest BCUT2D eigenvalue weighted by Crippen LogP contribution is 2.29. The molecular formula is C17H27NO2. The minimum atomic E-state index is 0.382. The smallest absolute Gasteiger partial charge is 0.122 e. The van der Waals surface area contributed by atoms with Gasteiger partial charge >= 0.3 is 0 Å². The Kier molecular flexibility index (Phi) is 5.44. The standard InChI is InChI=1S/C17H27NO2/c1-14(12-15-6-4-5-7-16(15)19-3)18-13-17(2)8-10-20-11-9-17/h4-7,14,18H,8-13H2,1-3H3. The van der Waals surface area contributed by atoms with E-state index < -0.39 is 0 Å². The third-order valence-corrected chi connectivity index (χ3v) is 4.30. The molecule has 1 heterocycles. The molecule has 0 spiro atoms. The maximum absolute atomic E-state index is 5.45. The van der Waals surface area contributed by atoms with Crippen molar-refractivity contribution in [3.8, 4) is 5.75 Å². The van der Waals surface area contributed by atoms with Crippen molar-refractivity contribution in [1.29, 1.82) is 0 Å². The molecule has 1 N–H and O–H groups in total. The van der Waals surface area contributed by atoms with E-state index in [1.54, 1.807) is 7.11 Å². The number of hydrogen-bond donors (Lipinski definition) is 1. The molecule has 3 nitrogen and oxygen atoms in total. The van der Waals surface area contributed by atoms with E-state index in [2.05, 4.69) is 31.3 Å². The average molecular weight is 277 g/mol. The maximum Gasteiger partial charge on any atom is 0.122 e. The lowest BCUT2D eigenvalue weighted by atomic mass is 9.82. The minimum Gasteiger partial charge on any atom is -0.496 e. The summed E-state index contributed by atoms with van der Waals surface area (Å²) in [5.74, 6) is 0.985. The number of rotatable bonds is 6. The summed E-state index contributed by atoms with van der Waals surface area (Å²) in [6, 6.07) is 8.72. The second kappa shape index (κ2) is 7.09. The van der Waals surface area contributed by atoms with Gasteiger partial charge in [-0.2, -0.15) is 0 Å². The van der Waals surface area contributed by atoms with Gasteiger partial charge < -0.3 is 14.8 Å². The largest absolute Gasteiger partial charge is 0.496 e. The molecule has 1 atom stereocenters. The highest BCUT2D eigenvalue weighted by Gasteiger charge is 2.27. The number of nitrogens with one attached hydrogen (secondary N) is 1. The molecule has 1 saturated heterocycles. The summed E-state index contributed by atoms with van der Waals surface area (Å²) in [6.07, 6.45) is 3.30. The fourth-order valence-corrected chi connectivity index (χ4v) is 2.74. The van der Waals surface area contributed by atoms with Crippen LogP contribution in [0.25, 0.3) is 0 Å². The van der Waals surface area contributed by atoms with Gasteiger partial charge in [0.1, 0.15) is 5.75 Å². The number of hydrogen-bond acceptors (Lipinski definition) is 3. The second-order valence-corrected chi connectivity index (χ2v) is 6.22. The summed E-state index contributed by atoms with van der Waals surface area (Å²) in [7, 11) is 1.74. The van der Waals surface area contributed by atoms with Crippen LogP contribution in [-0.2, 0) is 11.2 Å². The molecule has 0 saturated carbocycles. The van der Waals surface area contributed by atoms with Crippen molar-refractivity contribution in [3.63, 3.8) is 0 Å². The van der Waals surface area contributed by atoms with Crippen LogP contribution in [0.2, 0.25) is 0 Å². The molecular weight excluding hydrogens is 250 g/mol. The van der Waals surface area contributed by atoms with E-state index in [9.17, 15) is 0 Å². The lowest BCUT2D eigenvalue weighted by molar-refractivity contribution is 0.0231. The molecule has 1 aliphatic rings. The van der Waals surface area contributed by atoms with Crippen LogP contribution in [0.3, 0.4) is 0 Å². The van der Waals surface area contributed by atoms with E-state index in [1.165, 1.54) is 5.56 Å². The lowest BCUT2D eigenvalue weighted by Gasteiger charge is -2.34. The summed E-state index contributed by atoms with van der Waals surface area (Å²) >= 11 is 0. The summed E-state index contributed by atoms with van der Waals surface area (Å²) in [6.45, 7) is 7.47. The van der Waals surface area contributed by atoms with Crippen LogP contribution in [0.4, 0.5) is 0 Å². The minimum absolute atomic E-state index is 0.382. The maximum atomic E-state index is 5.45. The molecule has 1 aliphatic heterocycles. The van der Waals surface area contributed by atoms with E-state index in [4.69, 9.17) is 9.47 Å². The normalized spacial score (nSPS) is 19.6. The van der Waals surface area contributed by atoms with Crippen LogP contribution in [0.1, 0.15) is 32.3 Å². The zero-order valence-electron chi connectivity index (χ0n) is 12.9. The fourth-order valence-electron chi connectivity index (χ4n) is 2.74. The van der Waals surface area contributed by atoms with Gasteiger partial charge in [-0.15, -0.1) is 0 Å². The van der Waals surface area contributed by atoms with Gasteiger partial charge in [0.2, 0.25) is 0 Å². The van der Waals surface area contributed by atoms with Gasteiger partial charge in [0, 0.05) is 25.8 Å². The van der Waals surface area contributed by atoms with Gasteiger partial charge in [0.25, 0.3) is 0 Å². The zero-order valence-corrected chi connectivity index (χ0v) is 12.9. The van der Waals surface area contributed by atoms with Crippen molar-refractivity contribution < 1.29 is 9.47 Å². The predicted molar refractivity (Wildman–Crippen MR) is 82.3 cm³/mol. The summed E-state index contributed by atoms with van der Waals surface area (Å²) < 4.78 is 10.9. The van der Waals surface area contributed by atoms with E-state index in [0.717, 1.165) is 44.8 Å². The van der Waals surface area contributed by atoms with E-state index in [0.29, 0.717) is 11.5 Å². The first-order valence-corrected chi connectivity index (χ1v) is 7.56. The van der Waals surface area contributed by atoms with Crippen LogP contribution < -0.4 is 10.1 Å². The van der Waals surface area contributed by atoms with Crippen LogP contribution in [-0.4, -0.2) is 32.9 Å². The average Bonchev–Trinajstić information content (AvgIpc) is 2.47.